The van der Waals surface area contributed by atoms with Gasteiger partial charge in [0.05, 0.1) is 12.1 Å². The van der Waals surface area contributed by atoms with Gasteiger partial charge in [0.2, 0.25) is 0 Å². The lowest BCUT2D eigenvalue weighted by Gasteiger charge is -2.17. The summed E-state index contributed by atoms with van der Waals surface area (Å²) in [4.78, 5) is 15.0. The van der Waals surface area contributed by atoms with Gasteiger partial charge in [0.15, 0.2) is 0 Å². The van der Waals surface area contributed by atoms with Crippen LogP contribution in [-0.4, -0.2) is 31.5 Å². The summed E-state index contributed by atoms with van der Waals surface area (Å²) >= 11 is 0.965. The zero-order valence-corrected chi connectivity index (χ0v) is 12.2. The molecule has 2 rings (SSSR count). The molecule has 2 heterocycles. The van der Waals surface area contributed by atoms with Crippen LogP contribution in [0.2, 0.25) is 0 Å². The van der Waals surface area contributed by atoms with Crippen LogP contribution in [0.4, 0.5) is 5.69 Å². The molecule has 2 aromatic heterocycles. The first-order valence-electron chi connectivity index (χ1n) is 5.61. The summed E-state index contributed by atoms with van der Waals surface area (Å²) in [7, 11) is -2.23. The van der Waals surface area contributed by atoms with Crippen molar-refractivity contribution in [3.05, 3.63) is 41.5 Å². The van der Waals surface area contributed by atoms with Crippen LogP contribution < -0.4 is 4.31 Å². The molecule has 0 aliphatic carbocycles. The van der Waals surface area contributed by atoms with E-state index < -0.39 is 16.0 Å². The Morgan fingerprint density at radius 2 is 1.95 bits per heavy atom. The molecule has 0 aromatic carbocycles. The van der Waals surface area contributed by atoms with Crippen molar-refractivity contribution in [2.75, 3.05) is 11.4 Å². The molecular formula is C12H12N2O4S2. The number of aromatic nitrogens is 1. The number of hydrogen-bond acceptors (Lipinski definition) is 5. The van der Waals surface area contributed by atoms with E-state index in [1.807, 2.05) is 0 Å². The van der Waals surface area contributed by atoms with E-state index in [1.54, 1.807) is 12.1 Å². The van der Waals surface area contributed by atoms with Crippen LogP contribution in [0, 0.1) is 0 Å². The highest BCUT2D eigenvalue weighted by Gasteiger charge is 2.23. The first-order chi connectivity index (χ1) is 9.41. The molecule has 0 saturated carbocycles. The maximum atomic E-state index is 12.4. The van der Waals surface area contributed by atoms with Crippen molar-refractivity contribution in [1.82, 2.24) is 4.98 Å². The predicted molar refractivity (Wildman–Crippen MR) is 75.5 cm³/mol. The average molecular weight is 312 g/mol. The van der Waals surface area contributed by atoms with Gasteiger partial charge in [0.25, 0.3) is 10.0 Å². The van der Waals surface area contributed by atoms with Crippen molar-refractivity contribution in [3.63, 3.8) is 0 Å². The fraction of sp³-hybridized carbons (Fsp3) is 0.167. The fourth-order valence-corrected chi connectivity index (χ4v) is 4.28. The minimum absolute atomic E-state index is 0.119. The number of carboxylic acids is 1. The van der Waals surface area contributed by atoms with Crippen LogP contribution in [-0.2, 0) is 21.2 Å². The molecule has 0 atom stereocenters. The Hall–Kier alpha value is -1.93. The van der Waals surface area contributed by atoms with Crippen LogP contribution in [0.1, 0.15) is 4.88 Å². The molecule has 0 radical (unpaired) electrons. The molecule has 0 amide bonds. The second-order valence-electron chi connectivity index (χ2n) is 3.97. The summed E-state index contributed by atoms with van der Waals surface area (Å²) in [6.45, 7) is 0. The van der Waals surface area contributed by atoms with E-state index in [4.69, 9.17) is 5.11 Å². The van der Waals surface area contributed by atoms with Gasteiger partial charge in [-0.1, -0.05) is 0 Å². The van der Waals surface area contributed by atoms with Gasteiger partial charge >= 0.3 is 5.97 Å². The number of hydrogen-bond donors (Lipinski definition) is 1. The molecule has 0 aliphatic rings. The van der Waals surface area contributed by atoms with Crippen LogP contribution in [0.15, 0.2) is 40.9 Å². The number of carbonyl (C=O) groups is 1. The van der Waals surface area contributed by atoms with E-state index >= 15 is 0 Å². The Bertz CT molecular complexity index is 710. The van der Waals surface area contributed by atoms with E-state index in [0.717, 1.165) is 15.6 Å². The Balaban J connectivity index is 2.31. The molecule has 0 saturated heterocycles. The molecule has 2 aromatic rings. The topological polar surface area (TPSA) is 87.6 Å². The van der Waals surface area contributed by atoms with Gasteiger partial charge in [-0.3, -0.25) is 14.1 Å². The summed E-state index contributed by atoms with van der Waals surface area (Å²) in [5.74, 6) is -0.988. The second kappa shape index (κ2) is 5.59. The molecule has 20 heavy (non-hydrogen) atoms. The number of nitrogens with zero attached hydrogens (tertiary/aromatic N) is 2. The molecule has 0 bridgehead atoms. The van der Waals surface area contributed by atoms with E-state index in [9.17, 15) is 13.2 Å². The first-order valence-corrected chi connectivity index (χ1v) is 7.86. The van der Waals surface area contributed by atoms with E-state index in [2.05, 4.69) is 4.98 Å². The maximum Gasteiger partial charge on any atom is 0.308 e. The molecule has 0 fully saturated rings. The summed E-state index contributed by atoms with van der Waals surface area (Å²) in [5, 5.41) is 8.71. The number of thiophene rings is 1. The number of aliphatic carboxylic acids is 1. The van der Waals surface area contributed by atoms with Gasteiger partial charge in [-0.15, -0.1) is 11.3 Å². The number of sulfonamides is 1. The molecule has 106 valence electrons. The smallest absolute Gasteiger partial charge is 0.308 e. The Morgan fingerprint density at radius 3 is 2.55 bits per heavy atom. The molecule has 0 spiro atoms. The largest absolute Gasteiger partial charge is 0.481 e. The SMILES string of the molecule is CN(c1ccncc1)S(=O)(=O)c1ccc(CC(=O)O)s1. The third-order valence-electron chi connectivity index (χ3n) is 2.60. The lowest BCUT2D eigenvalue weighted by molar-refractivity contribution is -0.136. The summed E-state index contributed by atoms with van der Waals surface area (Å²) in [6, 6.07) is 6.12. The number of carboxylic acid groups (broad SMARTS) is 1. The predicted octanol–water partition coefficient (Wildman–Crippen LogP) is 1.60. The Labute approximate surface area is 120 Å². The van der Waals surface area contributed by atoms with Crippen LogP contribution in [0.5, 0.6) is 0 Å². The van der Waals surface area contributed by atoms with Crippen LogP contribution >= 0.6 is 11.3 Å². The van der Waals surface area contributed by atoms with Crippen molar-refractivity contribution in [3.8, 4) is 0 Å². The summed E-state index contributed by atoms with van der Waals surface area (Å²) in [5.41, 5.74) is 0.494. The van der Waals surface area contributed by atoms with E-state index in [1.165, 1.54) is 31.6 Å². The Kier molecular flexibility index (Phi) is 4.05. The van der Waals surface area contributed by atoms with E-state index in [-0.39, 0.29) is 10.6 Å². The zero-order chi connectivity index (χ0) is 14.8. The van der Waals surface area contributed by atoms with Crippen LogP contribution in [0.25, 0.3) is 0 Å². The van der Waals surface area contributed by atoms with Crippen molar-refractivity contribution in [2.24, 2.45) is 0 Å². The molecule has 1 N–H and O–H groups in total. The van der Waals surface area contributed by atoms with Gasteiger partial charge < -0.3 is 5.11 Å². The minimum Gasteiger partial charge on any atom is -0.481 e. The Morgan fingerprint density at radius 1 is 1.30 bits per heavy atom. The van der Waals surface area contributed by atoms with Gasteiger partial charge in [-0.2, -0.15) is 0 Å². The van der Waals surface area contributed by atoms with Crippen molar-refractivity contribution in [1.29, 1.82) is 0 Å². The first kappa shape index (κ1) is 14.5. The lowest BCUT2D eigenvalue weighted by Crippen LogP contribution is -2.25. The summed E-state index contributed by atoms with van der Waals surface area (Å²) < 4.78 is 26.1. The van der Waals surface area contributed by atoms with Crippen molar-refractivity contribution in [2.45, 2.75) is 10.6 Å². The number of pyridine rings is 1. The molecule has 8 heteroatoms. The molecule has 6 nitrogen and oxygen atoms in total. The molecule has 0 aliphatic heterocycles. The molecular weight excluding hydrogens is 300 g/mol. The van der Waals surface area contributed by atoms with Crippen molar-refractivity contribution < 1.29 is 18.3 Å². The van der Waals surface area contributed by atoms with Crippen LogP contribution in [0.3, 0.4) is 0 Å². The second-order valence-corrected chi connectivity index (χ2v) is 7.33. The number of rotatable bonds is 5. The molecule has 0 unspecified atom stereocenters. The zero-order valence-electron chi connectivity index (χ0n) is 10.6. The minimum atomic E-state index is -3.68. The van der Waals surface area contributed by atoms with Gasteiger partial charge in [-0.25, -0.2) is 8.42 Å². The van der Waals surface area contributed by atoms with E-state index in [0.29, 0.717) is 10.6 Å². The highest BCUT2D eigenvalue weighted by molar-refractivity contribution is 7.94. The highest BCUT2D eigenvalue weighted by Crippen LogP contribution is 2.27. The van der Waals surface area contributed by atoms with Crippen molar-refractivity contribution >= 4 is 33.0 Å². The van der Waals surface area contributed by atoms with Gasteiger partial charge in [0, 0.05) is 24.3 Å². The average Bonchev–Trinajstić information content (AvgIpc) is 2.87. The standard InChI is InChI=1S/C12H12N2O4S2/c1-14(9-4-6-13-7-5-9)20(17,18)12-3-2-10(19-12)8-11(15)16/h2-7H,8H2,1H3,(H,15,16). The third-order valence-corrected chi connectivity index (χ3v) is 5.94. The lowest BCUT2D eigenvalue weighted by atomic mass is 10.3. The quantitative estimate of drug-likeness (QED) is 0.906. The fourth-order valence-electron chi connectivity index (χ4n) is 1.57. The van der Waals surface area contributed by atoms with Gasteiger partial charge in [0.1, 0.15) is 4.21 Å². The maximum absolute atomic E-state index is 12.4. The van der Waals surface area contributed by atoms with Gasteiger partial charge in [-0.05, 0) is 24.3 Å². The monoisotopic (exact) mass is 312 g/mol. The highest BCUT2D eigenvalue weighted by atomic mass is 32.2. The third kappa shape index (κ3) is 2.97. The normalized spacial score (nSPS) is 11.2. The summed E-state index contributed by atoms with van der Waals surface area (Å²) in [6.07, 6.45) is 2.83. The number of anilines is 1.